The summed E-state index contributed by atoms with van der Waals surface area (Å²) in [6, 6.07) is 17.0. The third-order valence-corrected chi connectivity index (χ3v) is 4.13. The summed E-state index contributed by atoms with van der Waals surface area (Å²) in [7, 11) is 0. The lowest BCUT2D eigenvalue weighted by atomic mass is 10.0. The van der Waals surface area contributed by atoms with Crippen LogP contribution >= 0.6 is 11.6 Å². The maximum atomic E-state index is 14.3. The van der Waals surface area contributed by atoms with Gasteiger partial charge >= 0.3 is 6.11 Å². The van der Waals surface area contributed by atoms with Gasteiger partial charge in [0.15, 0.2) is 0 Å². The van der Waals surface area contributed by atoms with Crippen molar-refractivity contribution in [1.29, 1.82) is 0 Å². The van der Waals surface area contributed by atoms with Crippen molar-refractivity contribution in [2.45, 2.75) is 13.0 Å². The molecule has 0 radical (unpaired) electrons. The van der Waals surface area contributed by atoms with Gasteiger partial charge in [-0.05, 0) is 42.3 Å². The van der Waals surface area contributed by atoms with E-state index in [9.17, 15) is 13.2 Å². The molecule has 0 aliphatic carbocycles. The minimum Gasteiger partial charge on any atom is -0.427 e. The Hall–Kier alpha value is -2.46. The van der Waals surface area contributed by atoms with Crippen LogP contribution in [0, 0.1) is 12.7 Å². The normalized spacial score (nSPS) is 11.4. The predicted octanol–water partition coefficient (Wildman–Crippen LogP) is 6.58. The van der Waals surface area contributed by atoms with Crippen LogP contribution in [-0.2, 0) is 6.11 Å². The van der Waals surface area contributed by atoms with Crippen molar-refractivity contribution >= 4 is 11.6 Å². The quantitative estimate of drug-likeness (QED) is 0.509. The van der Waals surface area contributed by atoms with E-state index in [1.54, 1.807) is 12.1 Å². The van der Waals surface area contributed by atoms with Crippen molar-refractivity contribution in [2.24, 2.45) is 0 Å². The second-order valence-electron chi connectivity index (χ2n) is 5.61. The molecule has 0 bridgehead atoms. The molecule has 0 heterocycles. The van der Waals surface area contributed by atoms with Crippen molar-refractivity contribution < 1.29 is 17.9 Å². The average Bonchev–Trinajstić information content (AvgIpc) is 2.60. The number of hydrogen-bond donors (Lipinski definition) is 0. The van der Waals surface area contributed by atoms with E-state index in [1.165, 1.54) is 24.3 Å². The van der Waals surface area contributed by atoms with E-state index in [0.717, 1.165) is 22.8 Å². The molecule has 3 aromatic rings. The molecule has 0 fully saturated rings. The SMILES string of the molecule is Cc1ccc(-c2ccc(C(F)(F)Oc3cccc(F)c3Cl)cc2)cc1. The van der Waals surface area contributed by atoms with Crippen LogP contribution in [0.1, 0.15) is 11.1 Å². The minimum absolute atomic E-state index is 0.344. The Kier molecular flexibility index (Phi) is 4.73. The molecule has 0 atom stereocenters. The zero-order valence-corrected chi connectivity index (χ0v) is 14.0. The molecule has 0 aromatic heterocycles. The van der Waals surface area contributed by atoms with Gasteiger partial charge in [-0.2, -0.15) is 8.78 Å². The molecule has 128 valence electrons. The number of hydrogen-bond acceptors (Lipinski definition) is 1. The molecule has 0 N–H and O–H groups in total. The number of alkyl halides is 2. The Morgan fingerprint density at radius 3 is 2.00 bits per heavy atom. The van der Waals surface area contributed by atoms with Gasteiger partial charge in [-0.3, -0.25) is 0 Å². The highest BCUT2D eigenvalue weighted by Gasteiger charge is 2.35. The fraction of sp³-hybridized carbons (Fsp3) is 0.100. The molecule has 3 aromatic carbocycles. The second-order valence-corrected chi connectivity index (χ2v) is 5.99. The molecule has 0 unspecified atom stereocenters. The molecule has 0 aliphatic rings. The van der Waals surface area contributed by atoms with Gasteiger partial charge in [0.2, 0.25) is 0 Å². The van der Waals surface area contributed by atoms with E-state index in [1.807, 2.05) is 31.2 Å². The van der Waals surface area contributed by atoms with E-state index in [4.69, 9.17) is 11.6 Å². The van der Waals surface area contributed by atoms with Crippen LogP contribution in [-0.4, -0.2) is 0 Å². The highest BCUT2D eigenvalue weighted by molar-refractivity contribution is 6.32. The summed E-state index contributed by atoms with van der Waals surface area (Å²) in [5, 5.41) is -0.474. The van der Waals surface area contributed by atoms with Crippen molar-refractivity contribution in [3.8, 4) is 16.9 Å². The third-order valence-electron chi connectivity index (χ3n) is 3.76. The summed E-state index contributed by atoms with van der Waals surface area (Å²) < 4.78 is 46.7. The summed E-state index contributed by atoms with van der Waals surface area (Å²) in [5.41, 5.74) is 2.51. The first-order valence-corrected chi connectivity index (χ1v) is 7.93. The van der Waals surface area contributed by atoms with Crippen LogP contribution in [0.2, 0.25) is 5.02 Å². The summed E-state index contributed by atoms with van der Waals surface area (Å²) >= 11 is 5.67. The summed E-state index contributed by atoms with van der Waals surface area (Å²) in [4.78, 5) is 0. The van der Waals surface area contributed by atoms with Gasteiger partial charge in [0.05, 0.1) is 5.56 Å². The highest BCUT2D eigenvalue weighted by atomic mass is 35.5. The van der Waals surface area contributed by atoms with Crippen LogP contribution in [0.15, 0.2) is 66.7 Å². The van der Waals surface area contributed by atoms with E-state index >= 15 is 0 Å². The number of rotatable bonds is 4. The Bertz CT molecular complexity index is 874. The minimum atomic E-state index is -3.64. The van der Waals surface area contributed by atoms with Crippen molar-refractivity contribution in [3.63, 3.8) is 0 Å². The fourth-order valence-corrected chi connectivity index (χ4v) is 2.53. The Morgan fingerprint density at radius 1 is 0.840 bits per heavy atom. The van der Waals surface area contributed by atoms with Gasteiger partial charge in [-0.1, -0.05) is 59.6 Å². The van der Waals surface area contributed by atoms with Crippen molar-refractivity contribution in [2.75, 3.05) is 0 Å². The summed E-state index contributed by atoms with van der Waals surface area (Å²) in [6.45, 7) is 1.97. The van der Waals surface area contributed by atoms with Gasteiger partial charge in [-0.15, -0.1) is 0 Å². The number of halogens is 4. The van der Waals surface area contributed by atoms with E-state index in [0.29, 0.717) is 0 Å². The van der Waals surface area contributed by atoms with Gasteiger partial charge < -0.3 is 4.74 Å². The Labute approximate surface area is 148 Å². The zero-order valence-electron chi connectivity index (χ0n) is 13.3. The summed E-state index contributed by atoms with van der Waals surface area (Å²) in [6.07, 6.45) is -3.64. The Balaban J connectivity index is 1.85. The first-order valence-electron chi connectivity index (χ1n) is 7.55. The van der Waals surface area contributed by atoms with Gasteiger partial charge in [-0.25, -0.2) is 4.39 Å². The van der Waals surface area contributed by atoms with Crippen molar-refractivity contribution in [1.82, 2.24) is 0 Å². The maximum absolute atomic E-state index is 14.3. The first-order chi connectivity index (χ1) is 11.9. The first kappa shape index (κ1) is 17.4. The lowest BCUT2D eigenvalue weighted by Gasteiger charge is -2.19. The second kappa shape index (κ2) is 6.81. The molecule has 5 heteroatoms. The molecule has 3 rings (SSSR count). The zero-order chi connectivity index (χ0) is 18.0. The number of ether oxygens (including phenoxy) is 1. The molecular formula is C20H14ClF3O. The molecule has 0 saturated heterocycles. The lowest BCUT2D eigenvalue weighted by Crippen LogP contribution is -2.22. The molecule has 0 aliphatic heterocycles. The van der Waals surface area contributed by atoms with E-state index in [-0.39, 0.29) is 5.56 Å². The van der Waals surface area contributed by atoms with Crippen LogP contribution in [0.5, 0.6) is 5.75 Å². The molecule has 0 saturated carbocycles. The number of benzene rings is 3. The molecule has 0 spiro atoms. The molecule has 0 amide bonds. The van der Waals surface area contributed by atoms with Gasteiger partial charge in [0.25, 0.3) is 0 Å². The Morgan fingerprint density at radius 2 is 1.40 bits per heavy atom. The monoisotopic (exact) mass is 362 g/mol. The van der Waals surface area contributed by atoms with Gasteiger partial charge in [0.1, 0.15) is 16.6 Å². The van der Waals surface area contributed by atoms with Crippen LogP contribution < -0.4 is 4.74 Å². The molecular weight excluding hydrogens is 349 g/mol. The molecule has 25 heavy (non-hydrogen) atoms. The average molecular weight is 363 g/mol. The van der Waals surface area contributed by atoms with Crippen LogP contribution in [0.3, 0.4) is 0 Å². The van der Waals surface area contributed by atoms with Gasteiger partial charge in [0, 0.05) is 0 Å². The van der Waals surface area contributed by atoms with Crippen molar-refractivity contribution in [3.05, 3.63) is 88.7 Å². The third kappa shape index (κ3) is 3.80. The standard InChI is InChI=1S/C20H14ClF3O/c1-13-5-7-14(8-6-13)15-9-11-16(12-10-15)20(23,24)25-18-4-2-3-17(22)19(18)21/h2-12H,1H3. The largest absolute Gasteiger partial charge is 0.427 e. The van der Waals surface area contributed by atoms with E-state index < -0.39 is 22.7 Å². The highest BCUT2D eigenvalue weighted by Crippen LogP contribution is 2.36. The lowest BCUT2D eigenvalue weighted by molar-refractivity contribution is -0.185. The predicted molar refractivity (Wildman–Crippen MR) is 92.5 cm³/mol. The van der Waals surface area contributed by atoms with E-state index in [2.05, 4.69) is 4.74 Å². The topological polar surface area (TPSA) is 9.23 Å². The summed E-state index contributed by atoms with van der Waals surface area (Å²) in [5.74, 6) is -1.22. The maximum Gasteiger partial charge on any atom is 0.426 e. The molecule has 1 nitrogen and oxygen atoms in total. The van der Waals surface area contributed by atoms with Crippen LogP contribution in [0.25, 0.3) is 11.1 Å². The fourth-order valence-electron chi connectivity index (χ4n) is 2.36. The number of aryl methyl sites for hydroxylation is 1. The van der Waals surface area contributed by atoms with Crippen LogP contribution in [0.4, 0.5) is 13.2 Å². The smallest absolute Gasteiger partial charge is 0.426 e.